The molecular formula is C10H22N2. The van der Waals surface area contributed by atoms with Crippen molar-refractivity contribution in [3.63, 3.8) is 0 Å². The molecule has 0 saturated carbocycles. The average Bonchev–Trinajstić information content (AvgIpc) is 2.03. The van der Waals surface area contributed by atoms with E-state index in [-0.39, 0.29) is 0 Å². The standard InChI is InChI=1S/C10H22N2/c1-6-8(3)12(10(5)11)9(4)7-2/h8-9,11H,6-7H2,1-5H3. The van der Waals surface area contributed by atoms with Gasteiger partial charge in [-0.2, -0.15) is 0 Å². The summed E-state index contributed by atoms with van der Waals surface area (Å²) in [6, 6.07) is 0.995. The second-order valence-electron chi connectivity index (χ2n) is 3.51. The van der Waals surface area contributed by atoms with Gasteiger partial charge in [0.25, 0.3) is 0 Å². The van der Waals surface area contributed by atoms with Crippen LogP contribution in [0, 0.1) is 5.41 Å². The molecule has 0 aromatic heterocycles. The van der Waals surface area contributed by atoms with Gasteiger partial charge in [0.05, 0.1) is 5.84 Å². The van der Waals surface area contributed by atoms with Gasteiger partial charge in [-0.25, -0.2) is 0 Å². The van der Waals surface area contributed by atoms with Gasteiger partial charge in [0.2, 0.25) is 0 Å². The molecule has 0 aliphatic carbocycles. The smallest absolute Gasteiger partial charge is 0.0930 e. The van der Waals surface area contributed by atoms with Gasteiger partial charge in [-0.15, -0.1) is 0 Å². The molecule has 0 spiro atoms. The molecule has 2 heteroatoms. The van der Waals surface area contributed by atoms with Crippen LogP contribution in [-0.2, 0) is 0 Å². The van der Waals surface area contributed by atoms with Crippen molar-refractivity contribution in [2.75, 3.05) is 0 Å². The highest BCUT2D eigenvalue weighted by molar-refractivity contribution is 5.76. The van der Waals surface area contributed by atoms with E-state index < -0.39 is 0 Å². The highest BCUT2D eigenvalue weighted by atomic mass is 15.2. The van der Waals surface area contributed by atoms with Gasteiger partial charge >= 0.3 is 0 Å². The fraction of sp³-hybridized carbons (Fsp3) is 0.900. The molecule has 0 aliphatic rings. The SMILES string of the molecule is CCC(C)N(C(C)=N)C(C)CC. The monoisotopic (exact) mass is 170 g/mol. The fourth-order valence-corrected chi connectivity index (χ4v) is 1.49. The maximum absolute atomic E-state index is 7.64. The molecule has 2 unspecified atom stereocenters. The minimum Gasteiger partial charge on any atom is -0.355 e. The summed E-state index contributed by atoms with van der Waals surface area (Å²) in [6.45, 7) is 10.6. The van der Waals surface area contributed by atoms with E-state index in [0.29, 0.717) is 17.9 Å². The molecule has 0 fully saturated rings. The molecule has 0 aromatic rings. The van der Waals surface area contributed by atoms with E-state index in [1.165, 1.54) is 0 Å². The predicted octanol–water partition coefficient (Wildman–Crippen LogP) is 2.88. The maximum Gasteiger partial charge on any atom is 0.0930 e. The van der Waals surface area contributed by atoms with Crippen molar-refractivity contribution in [1.82, 2.24) is 4.90 Å². The Bertz CT molecular complexity index is 133. The number of hydrogen-bond donors (Lipinski definition) is 1. The molecule has 1 N–H and O–H groups in total. The van der Waals surface area contributed by atoms with Gasteiger partial charge in [-0.1, -0.05) is 13.8 Å². The van der Waals surface area contributed by atoms with Crippen molar-refractivity contribution in [2.45, 2.75) is 59.5 Å². The lowest BCUT2D eigenvalue weighted by atomic mass is 10.1. The van der Waals surface area contributed by atoms with Crippen LogP contribution in [0.3, 0.4) is 0 Å². The first-order chi connectivity index (χ1) is 5.54. The van der Waals surface area contributed by atoms with Crippen molar-refractivity contribution in [3.8, 4) is 0 Å². The van der Waals surface area contributed by atoms with E-state index in [2.05, 4.69) is 32.6 Å². The Kier molecular flexibility index (Phi) is 4.95. The van der Waals surface area contributed by atoms with Crippen LogP contribution >= 0.6 is 0 Å². The minimum absolute atomic E-state index is 0.498. The lowest BCUT2D eigenvalue weighted by Gasteiger charge is -2.34. The zero-order chi connectivity index (χ0) is 9.72. The van der Waals surface area contributed by atoms with Crippen LogP contribution in [0.15, 0.2) is 0 Å². The zero-order valence-corrected chi connectivity index (χ0v) is 9.02. The second kappa shape index (κ2) is 5.18. The second-order valence-corrected chi connectivity index (χ2v) is 3.51. The van der Waals surface area contributed by atoms with Gasteiger partial charge in [-0.3, -0.25) is 5.41 Å². The normalized spacial score (nSPS) is 15.4. The lowest BCUT2D eigenvalue weighted by molar-refractivity contribution is 0.247. The first-order valence-corrected chi connectivity index (χ1v) is 4.88. The third kappa shape index (κ3) is 2.84. The quantitative estimate of drug-likeness (QED) is 0.510. The summed E-state index contributed by atoms with van der Waals surface area (Å²) < 4.78 is 0. The van der Waals surface area contributed by atoms with Crippen molar-refractivity contribution in [2.24, 2.45) is 0 Å². The number of amidine groups is 1. The van der Waals surface area contributed by atoms with Crippen LogP contribution in [-0.4, -0.2) is 22.8 Å². The average molecular weight is 170 g/mol. The summed E-state index contributed by atoms with van der Waals surface area (Å²) in [7, 11) is 0. The van der Waals surface area contributed by atoms with Crippen molar-refractivity contribution in [1.29, 1.82) is 5.41 Å². The van der Waals surface area contributed by atoms with Crippen molar-refractivity contribution >= 4 is 5.84 Å². The summed E-state index contributed by atoms with van der Waals surface area (Å²) >= 11 is 0. The van der Waals surface area contributed by atoms with Crippen LogP contribution in [0.1, 0.15) is 47.5 Å². The van der Waals surface area contributed by atoms with Gasteiger partial charge in [0.15, 0.2) is 0 Å². The predicted molar refractivity (Wildman–Crippen MR) is 54.7 cm³/mol. The molecule has 0 bridgehead atoms. The minimum atomic E-state index is 0.498. The number of nitrogens with zero attached hydrogens (tertiary/aromatic N) is 1. The summed E-state index contributed by atoms with van der Waals surface area (Å²) in [5.41, 5.74) is 0. The molecule has 2 nitrogen and oxygen atoms in total. The van der Waals surface area contributed by atoms with Gasteiger partial charge in [0, 0.05) is 12.1 Å². The third-order valence-corrected chi connectivity index (χ3v) is 2.52. The summed E-state index contributed by atoms with van der Waals surface area (Å²) in [6.07, 6.45) is 2.22. The molecule has 0 radical (unpaired) electrons. The molecule has 0 rings (SSSR count). The Morgan fingerprint density at radius 3 is 1.67 bits per heavy atom. The van der Waals surface area contributed by atoms with Gasteiger partial charge in [-0.05, 0) is 33.6 Å². The fourth-order valence-electron chi connectivity index (χ4n) is 1.49. The van der Waals surface area contributed by atoms with E-state index in [4.69, 9.17) is 5.41 Å². The van der Waals surface area contributed by atoms with Crippen LogP contribution in [0.4, 0.5) is 0 Å². The molecule has 0 amide bonds. The number of rotatable bonds is 4. The highest BCUT2D eigenvalue weighted by Gasteiger charge is 2.17. The van der Waals surface area contributed by atoms with Crippen LogP contribution in [0.5, 0.6) is 0 Å². The van der Waals surface area contributed by atoms with E-state index in [0.717, 1.165) is 12.8 Å². The van der Waals surface area contributed by atoms with Crippen molar-refractivity contribution < 1.29 is 0 Å². The van der Waals surface area contributed by atoms with E-state index in [1.807, 2.05) is 6.92 Å². The van der Waals surface area contributed by atoms with E-state index in [1.54, 1.807) is 0 Å². The molecule has 12 heavy (non-hydrogen) atoms. The zero-order valence-electron chi connectivity index (χ0n) is 9.02. The Labute approximate surface area is 76.5 Å². The largest absolute Gasteiger partial charge is 0.355 e. The molecular weight excluding hydrogens is 148 g/mol. The molecule has 0 heterocycles. The third-order valence-electron chi connectivity index (χ3n) is 2.52. The van der Waals surface area contributed by atoms with Gasteiger partial charge in [0.1, 0.15) is 0 Å². The Balaban J connectivity index is 4.32. The summed E-state index contributed by atoms with van der Waals surface area (Å²) in [4.78, 5) is 2.19. The summed E-state index contributed by atoms with van der Waals surface area (Å²) in [5, 5.41) is 7.64. The first kappa shape index (κ1) is 11.5. The molecule has 2 atom stereocenters. The highest BCUT2D eigenvalue weighted by Crippen LogP contribution is 2.11. The maximum atomic E-state index is 7.64. The molecule has 0 aromatic carbocycles. The number of nitrogens with one attached hydrogen (secondary N) is 1. The number of hydrogen-bond acceptors (Lipinski definition) is 1. The molecule has 0 saturated heterocycles. The Morgan fingerprint density at radius 1 is 1.17 bits per heavy atom. The van der Waals surface area contributed by atoms with E-state index in [9.17, 15) is 0 Å². The first-order valence-electron chi connectivity index (χ1n) is 4.88. The summed E-state index contributed by atoms with van der Waals surface area (Å²) in [5.74, 6) is 0.693. The van der Waals surface area contributed by atoms with Crippen molar-refractivity contribution in [3.05, 3.63) is 0 Å². The van der Waals surface area contributed by atoms with Crippen LogP contribution in [0.25, 0.3) is 0 Å². The molecule has 0 aliphatic heterocycles. The lowest BCUT2D eigenvalue weighted by Crippen LogP contribution is -2.42. The van der Waals surface area contributed by atoms with Crippen LogP contribution in [0.2, 0.25) is 0 Å². The Hall–Kier alpha value is -0.530. The van der Waals surface area contributed by atoms with E-state index >= 15 is 0 Å². The topological polar surface area (TPSA) is 27.1 Å². The molecule has 72 valence electrons. The van der Waals surface area contributed by atoms with Gasteiger partial charge < -0.3 is 4.90 Å². The van der Waals surface area contributed by atoms with Crippen LogP contribution < -0.4 is 0 Å². The Morgan fingerprint density at radius 2 is 1.50 bits per heavy atom.